The fourth-order valence-corrected chi connectivity index (χ4v) is 6.24. The van der Waals surface area contributed by atoms with Crippen LogP contribution in [0.2, 0.25) is 0 Å². The third kappa shape index (κ3) is 42.5. The van der Waals surface area contributed by atoms with E-state index in [9.17, 15) is 19.0 Å². The molecular formula is C48H80NO8P. The van der Waals surface area contributed by atoms with Crippen molar-refractivity contribution in [1.82, 2.24) is 0 Å². The number of phosphoric ester groups is 1. The summed E-state index contributed by atoms with van der Waals surface area (Å²) in [5, 5.41) is 0. The molecule has 2 atom stereocenters. The van der Waals surface area contributed by atoms with Crippen LogP contribution in [0.5, 0.6) is 0 Å². The molecular weight excluding hydrogens is 750 g/mol. The molecule has 0 aliphatic rings. The predicted molar refractivity (Wildman–Crippen MR) is 242 cm³/mol. The fourth-order valence-electron chi connectivity index (χ4n) is 5.47. The number of hydrogen-bond acceptors (Lipinski definition) is 8. The van der Waals surface area contributed by atoms with E-state index >= 15 is 0 Å². The van der Waals surface area contributed by atoms with Gasteiger partial charge in [0.15, 0.2) is 6.10 Å². The fraction of sp³-hybridized carbons (Fsp3) is 0.625. The van der Waals surface area contributed by atoms with Gasteiger partial charge in [0.25, 0.3) is 0 Å². The Balaban J connectivity index is 4.12. The Hall–Kier alpha value is -3.07. The van der Waals surface area contributed by atoms with E-state index in [1.807, 2.05) is 0 Å². The number of ether oxygens (including phenoxy) is 2. The van der Waals surface area contributed by atoms with Gasteiger partial charge in [0.05, 0.1) is 13.2 Å². The molecule has 0 heterocycles. The predicted octanol–water partition coefficient (Wildman–Crippen LogP) is 13.0. The van der Waals surface area contributed by atoms with E-state index in [1.54, 1.807) is 0 Å². The minimum atomic E-state index is -4.38. The minimum Gasteiger partial charge on any atom is -0.462 e. The van der Waals surface area contributed by atoms with Gasteiger partial charge in [-0.05, 0) is 77.0 Å². The second-order valence-electron chi connectivity index (χ2n) is 14.2. The van der Waals surface area contributed by atoms with Gasteiger partial charge in [-0.25, -0.2) is 4.57 Å². The van der Waals surface area contributed by atoms with Gasteiger partial charge in [-0.1, -0.05) is 169 Å². The van der Waals surface area contributed by atoms with E-state index in [2.05, 4.69) is 111 Å². The van der Waals surface area contributed by atoms with E-state index < -0.39 is 32.5 Å². The van der Waals surface area contributed by atoms with Crippen LogP contribution in [0.15, 0.2) is 97.2 Å². The molecule has 0 amide bonds. The van der Waals surface area contributed by atoms with Gasteiger partial charge in [-0.3, -0.25) is 18.6 Å². The lowest BCUT2D eigenvalue weighted by molar-refractivity contribution is -0.161. The van der Waals surface area contributed by atoms with Gasteiger partial charge < -0.3 is 20.1 Å². The molecule has 0 aromatic heterocycles. The molecule has 0 saturated carbocycles. The van der Waals surface area contributed by atoms with Gasteiger partial charge in [0.2, 0.25) is 0 Å². The highest BCUT2D eigenvalue weighted by Crippen LogP contribution is 2.43. The summed E-state index contributed by atoms with van der Waals surface area (Å²) in [6.07, 6.45) is 56.0. The number of hydrogen-bond donors (Lipinski definition) is 2. The molecule has 0 aromatic carbocycles. The molecule has 0 aliphatic carbocycles. The first-order valence-electron chi connectivity index (χ1n) is 22.2. The van der Waals surface area contributed by atoms with Crippen LogP contribution < -0.4 is 5.73 Å². The smallest absolute Gasteiger partial charge is 0.462 e. The Labute approximate surface area is 353 Å². The number of rotatable bonds is 40. The number of unbranched alkanes of at least 4 members (excludes halogenated alkanes) is 11. The largest absolute Gasteiger partial charge is 0.472 e. The third-order valence-corrected chi connectivity index (χ3v) is 9.72. The highest BCUT2D eigenvalue weighted by atomic mass is 31.2. The van der Waals surface area contributed by atoms with Crippen LogP contribution in [0.1, 0.15) is 162 Å². The Morgan fingerprint density at radius 3 is 1.41 bits per heavy atom. The highest BCUT2D eigenvalue weighted by molar-refractivity contribution is 7.47. The van der Waals surface area contributed by atoms with Crippen molar-refractivity contribution in [3.05, 3.63) is 97.2 Å². The molecule has 9 nitrogen and oxygen atoms in total. The molecule has 0 aromatic rings. The van der Waals surface area contributed by atoms with Crippen LogP contribution in [0.4, 0.5) is 0 Å². The molecule has 330 valence electrons. The zero-order valence-electron chi connectivity index (χ0n) is 36.2. The van der Waals surface area contributed by atoms with Crippen molar-refractivity contribution in [2.75, 3.05) is 26.4 Å². The number of allylic oxidation sites excluding steroid dienone is 16. The molecule has 10 heteroatoms. The van der Waals surface area contributed by atoms with Crippen LogP contribution in [-0.2, 0) is 32.7 Å². The van der Waals surface area contributed by atoms with Crippen molar-refractivity contribution >= 4 is 19.8 Å². The zero-order chi connectivity index (χ0) is 42.5. The second kappa shape index (κ2) is 43.5. The van der Waals surface area contributed by atoms with E-state index in [0.29, 0.717) is 6.42 Å². The number of nitrogens with two attached hydrogens (primary N) is 1. The molecule has 3 N–H and O–H groups in total. The average molecular weight is 830 g/mol. The Kier molecular flexibility index (Phi) is 41.2. The first-order chi connectivity index (χ1) is 28.3. The van der Waals surface area contributed by atoms with Crippen molar-refractivity contribution in [1.29, 1.82) is 0 Å². The van der Waals surface area contributed by atoms with Crippen molar-refractivity contribution in [2.24, 2.45) is 5.73 Å². The van der Waals surface area contributed by atoms with Gasteiger partial charge in [0.1, 0.15) is 6.61 Å². The summed E-state index contributed by atoms with van der Waals surface area (Å²) >= 11 is 0. The molecule has 0 saturated heterocycles. The first-order valence-corrected chi connectivity index (χ1v) is 23.7. The lowest BCUT2D eigenvalue weighted by Crippen LogP contribution is -2.29. The van der Waals surface area contributed by atoms with Crippen molar-refractivity contribution in [2.45, 2.75) is 168 Å². The maximum Gasteiger partial charge on any atom is 0.472 e. The van der Waals surface area contributed by atoms with Gasteiger partial charge in [-0.15, -0.1) is 0 Å². The van der Waals surface area contributed by atoms with E-state index in [1.165, 1.54) is 32.1 Å². The molecule has 0 aliphatic heterocycles. The first kappa shape index (κ1) is 54.9. The lowest BCUT2D eigenvalue weighted by atomic mass is 10.1. The van der Waals surface area contributed by atoms with Crippen LogP contribution in [-0.4, -0.2) is 49.3 Å². The monoisotopic (exact) mass is 830 g/mol. The highest BCUT2D eigenvalue weighted by Gasteiger charge is 2.26. The molecule has 0 radical (unpaired) electrons. The number of phosphoric acid groups is 1. The van der Waals surface area contributed by atoms with E-state index in [0.717, 1.165) is 96.3 Å². The second-order valence-corrected chi connectivity index (χ2v) is 15.6. The summed E-state index contributed by atoms with van der Waals surface area (Å²) in [5.41, 5.74) is 5.33. The molecule has 0 bridgehead atoms. The number of esters is 2. The Morgan fingerprint density at radius 1 is 0.534 bits per heavy atom. The summed E-state index contributed by atoms with van der Waals surface area (Å²) < 4.78 is 32.6. The van der Waals surface area contributed by atoms with E-state index in [-0.39, 0.29) is 32.6 Å². The number of carbonyl (C=O) groups is 2. The Bertz CT molecular complexity index is 1270. The third-order valence-electron chi connectivity index (χ3n) is 8.73. The van der Waals surface area contributed by atoms with Crippen LogP contribution in [0.3, 0.4) is 0 Å². The van der Waals surface area contributed by atoms with Gasteiger partial charge in [0, 0.05) is 19.4 Å². The SMILES string of the molecule is CC/C=C\C/C=C\C/C=C\C/C=C\C/C=C\C/C=C\C/C=C\C/C=C\CCCCCCC(=O)OC(COC(=O)CCCCCCCCCC)COP(=O)(O)OCCN. The summed E-state index contributed by atoms with van der Waals surface area (Å²) in [7, 11) is -4.38. The molecule has 0 spiro atoms. The molecule has 0 fully saturated rings. The topological polar surface area (TPSA) is 134 Å². The Morgan fingerprint density at radius 2 is 0.948 bits per heavy atom. The van der Waals surface area contributed by atoms with Crippen molar-refractivity contribution in [3.8, 4) is 0 Å². The minimum absolute atomic E-state index is 0.0443. The normalized spacial score (nSPS) is 14.2. The maximum absolute atomic E-state index is 12.6. The average Bonchev–Trinajstić information content (AvgIpc) is 3.21. The zero-order valence-corrected chi connectivity index (χ0v) is 37.1. The molecule has 58 heavy (non-hydrogen) atoms. The van der Waals surface area contributed by atoms with Crippen LogP contribution in [0, 0.1) is 0 Å². The standard InChI is InChI=1S/C48H80NO8P/c1-3-5-7-9-11-13-14-15-16-17-18-19-20-21-22-23-24-25-26-27-28-29-30-31-32-33-35-37-39-41-48(51)57-46(45-56-58(52,53)55-43-42-49)44-54-47(50)40-38-36-34-12-10-8-6-4-2/h5,7,11,13,15-16,18-19,21-22,24-25,27-28,30-31,46H,3-4,6,8-10,12,14,17,20,23,26,29,32-45,49H2,1-2H3,(H,52,53)/b7-5-,13-11-,16-15-,19-18-,22-21-,25-24-,28-27-,31-30-. The summed E-state index contributed by atoms with van der Waals surface area (Å²) in [6, 6.07) is 0. The summed E-state index contributed by atoms with van der Waals surface area (Å²) in [5.74, 6) is -0.872. The number of carbonyl (C=O) groups excluding carboxylic acids is 2. The molecule has 2 unspecified atom stereocenters. The summed E-state index contributed by atoms with van der Waals surface area (Å²) in [6.45, 7) is 3.52. The van der Waals surface area contributed by atoms with Crippen LogP contribution in [0.25, 0.3) is 0 Å². The quantitative estimate of drug-likeness (QED) is 0.0268. The van der Waals surface area contributed by atoms with E-state index in [4.69, 9.17) is 24.3 Å². The van der Waals surface area contributed by atoms with Crippen LogP contribution >= 0.6 is 7.82 Å². The lowest BCUT2D eigenvalue weighted by Gasteiger charge is -2.19. The van der Waals surface area contributed by atoms with Crippen molar-refractivity contribution in [3.63, 3.8) is 0 Å². The maximum atomic E-state index is 12.6. The molecule has 0 rings (SSSR count). The van der Waals surface area contributed by atoms with Crippen molar-refractivity contribution < 1.29 is 37.6 Å². The van der Waals surface area contributed by atoms with Gasteiger partial charge in [-0.2, -0.15) is 0 Å². The summed E-state index contributed by atoms with van der Waals surface area (Å²) in [4.78, 5) is 34.7. The van der Waals surface area contributed by atoms with Gasteiger partial charge >= 0.3 is 19.8 Å².